The molecule has 0 N–H and O–H groups in total. The Morgan fingerprint density at radius 2 is 1.24 bits per heavy atom. The molecule has 1 aromatic heterocycles. The van der Waals surface area contributed by atoms with Crippen molar-refractivity contribution < 1.29 is 0 Å². The monoisotopic (exact) mass is 452 g/mol. The predicted molar refractivity (Wildman–Crippen MR) is 143 cm³/mol. The van der Waals surface area contributed by atoms with E-state index >= 15 is 0 Å². The highest BCUT2D eigenvalue weighted by Crippen LogP contribution is 2.34. The molecule has 0 spiro atoms. The molecule has 4 aromatic rings. The van der Waals surface area contributed by atoms with Crippen LogP contribution < -0.4 is 5.19 Å². The molecule has 0 fully saturated rings. The van der Waals surface area contributed by atoms with Crippen LogP contribution in [0.2, 0.25) is 0 Å². The van der Waals surface area contributed by atoms with E-state index in [1.54, 1.807) is 0 Å². The fourth-order valence-electron chi connectivity index (χ4n) is 4.91. The smallest absolute Gasteiger partial charge is 0.0965 e. The molecule has 1 heterocycles. The van der Waals surface area contributed by atoms with Gasteiger partial charge in [0.2, 0.25) is 0 Å². The largest absolute Gasteiger partial charge is 0.326 e. The molecule has 0 saturated heterocycles. The number of benzene rings is 3. The van der Waals surface area contributed by atoms with Crippen molar-refractivity contribution in [2.45, 2.75) is 45.7 Å². The summed E-state index contributed by atoms with van der Waals surface area (Å²) in [5.41, 5.74) is 5.50. The molecule has 3 aromatic carbocycles. The van der Waals surface area contributed by atoms with Crippen LogP contribution >= 0.6 is 0 Å². The van der Waals surface area contributed by atoms with Crippen LogP contribution in [0.25, 0.3) is 0 Å². The summed E-state index contributed by atoms with van der Waals surface area (Å²) in [7, 11) is -0.815. The average molecular weight is 453 g/mol. The Morgan fingerprint density at radius 1 is 0.727 bits per heavy atom. The number of hydrogen-bond acceptors (Lipinski definition) is 1. The number of aromatic nitrogens is 2. The first-order chi connectivity index (χ1) is 16.0. The van der Waals surface area contributed by atoms with Crippen LogP contribution in [-0.2, 0) is 18.0 Å². The summed E-state index contributed by atoms with van der Waals surface area (Å²) < 4.78 is 2.35. The van der Waals surface area contributed by atoms with Crippen molar-refractivity contribution in [3.05, 3.63) is 120 Å². The molecular formula is C30H36N2Si. The molecule has 0 aliphatic heterocycles. The lowest BCUT2D eigenvalue weighted by molar-refractivity contribution is 0.594. The van der Waals surface area contributed by atoms with Crippen LogP contribution in [0, 0.1) is 11.8 Å². The van der Waals surface area contributed by atoms with Crippen LogP contribution in [0.5, 0.6) is 0 Å². The summed E-state index contributed by atoms with van der Waals surface area (Å²) in [6.45, 7) is 9.13. The van der Waals surface area contributed by atoms with Gasteiger partial charge in [0.15, 0.2) is 0 Å². The van der Waals surface area contributed by atoms with Gasteiger partial charge in [0.05, 0.1) is 21.0 Å². The Hall–Kier alpha value is -2.91. The van der Waals surface area contributed by atoms with Crippen LogP contribution in [0.1, 0.15) is 49.9 Å². The summed E-state index contributed by atoms with van der Waals surface area (Å²) in [6, 6.07) is 29.8. The molecule has 2 nitrogen and oxygen atoms in total. The lowest BCUT2D eigenvalue weighted by Crippen LogP contribution is -2.46. The van der Waals surface area contributed by atoms with Gasteiger partial charge < -0.3 is 4.57 Å². The topological polar surface area (TPSA) is 17.8 Å². The molecule has 0 bridgehead atoms. The maximum atomic E-state index is 4.48. The second kappa shape index (κ2) is 10.3. The molecular weight excluding hydrogens is 416 g/mol. The molecule has 170 valence electrons. The molecule has 0 amide bonds. The molecule has 4 rings (SSSR count). The highest BCUT2D eigenvalue weighted by atomic mass is 28.2. The fourth-order valence-corrected chi connectivity index (χ4v) is 7.26. The number of imidazole rings is 1. The molecule has 0 atom stereocenters. The summed E-state index contributed by atoms with van der Waals surface area (Å²) in [5.74, 6) is 1.31. The molecule has 0 aliphatic rings. The number of hydrogen-bond donors (Lipinski definition) is 0. The van der Waals surface area contributed by atoms with E-state index in [0.717, 1.165) is 12.8 Å². The number of nitrogens with zero attached hydrogens (tertiary/aromatic N) is 2. The van der Waals surface area contributed by atoms with Gasteiger partial charge in [-0.3, -0.25) is 0 Å². The minimum Gasteiger partial charge on any atom is -0.326 e. The van der Waals surface area contributed by atoms with Crippen molar-refractivity contribution >= 4 is 14.7 Å². The van der Waals surface area contributed by atoms with E-state index < -0.39 is 9.52 Å². The van der Waals surface area contributed by atoms with E-state index in [-0.39, 0.29) is 5.16 Å². The van der Waals surface area contributed by atoms with E-state index in [9.17, 15) is 0 Å². The summed E-state index contributed by atoms with van der Waals surface area (Å²) in [6.07, 6.45) is 8.27. The molecule has 0 aliphatic carbocycles. The normalized spacial score (nSPS) is 12.3. The van der Waals surface area contributed by atoms with Gasteiger partial charge in [-0.1, -0.05) is 112 Å². The summed E-state index contributed by atoms with van der Waals surface area (Å²) in [4.78, 5) is 4.48. The van der Waals surface area contributed by atoms with E-state index in [1.165, 1.54) is 27.4 Å². The maximum Gasteiger partial charge on any atom is 0.0965 e. The molecule has 0 saturated carbocycles. The first kappa shape index (κ1) is 23.3. The lowest BCUT2D eigenvalue weighted by atomic mass is 9.93. The SMILES string of the molecule is CC(C)Cc1ccc(C([SiH2]c2ccccc2)(c2ccc(CC(C)C)cc2)n2ccnc2)cc1. The Bertz CT molecular complexity index is 1060. The maximum absolute atomic E-state index is 4.48. The second-order valence-corrected chi connectivity index (χ2v) is 12.3. The van der Waals surface area contributed by atoms with Gasteiger partial charge in [-0.05, 0) is 46.9 Å². The zero-order valence-corrected chi connectivity index (χ0v) is 21.8. The van der Waals surface area contributed by atoms with E-state index in [4.69, 9.17) is 0 Å². The highest BCUT2D eigenvalue weighted by Gasteiger charge is 2.36. The Balaban J connectivity index is 1.87. The van der Waals surface area contributed by atoms with Gasteiger partial charge in [-0.25, -0.2) is 4.98 Å². The molecule has 0 unspecified atom stereocenters. The van der Waals surface area contributed by atoms with Gasteiger partial charge in [-0.15, -0.1) is 0 Å². The van der Waals surface area contributed by atoms with E-state index in [2.05, 4.69) is 122 Å². The average Bonchev–Trinajstić information content (AvgIpc) is 3.34. The van der Waals surface area contributed by atoms with Gasteiger partial charge in [0.1, 0.15) is 0 Å². The third-order valence-electron chi connectivity index (χ3n) is 6.40. The summed E-state index contributed by atoms with van der Waals surface area (Å²) >= 11 is 0. The zero-order chi connectivity index (χ0) is 23.3. The highest BCUT2D eigenvalue weighted by molar-refractivity contribution is 6.57. The first-order valence-electron chi connectivity index (χ1n) is 12.2. The Labute approximate surface area is 201 Å². The third kappa shape index (κ3) is 5.36. The van der Waals surface area contributed by atoms with Crippen LogP contribution in [0.3, 0.4) is 0 Å². The Kier molecular flexibility index (Phi) is 7.29. The molecule has 0 radical (unpaired) electrons. The van der Waals surface area contributed by atoms with Gasteiger partial charge in [-0.2, -0.15) is 0 Å². The van der Waals surface area contributed by atoms with Crippen molar-refractivity contribution in [2.24, 2.45) is 11.8 Å². The van der Waals surface area contributed by atoms with Crippen molar-refractivity contribution in [2.75, 3.05) is 0 Å². The standard InChI is InChI=1S/C30H36N2Si/c1-23(2)20-25-10-14-27(15-11-25)30(32-19-18-31-22-32,33-29-8-6-5-7-9-29)28-16-12-26(13-17-28)21-24(3)4/h5-19,22-24H,20-21,33H2,1-4H3. The number of rotatable bonds is 9. The van der Waals surface area contributed by atoms with Gasteiger partial charge >= 0.3 is 0 Å². The van der Waals surface area contributed by atoms with Gasteiger partial charge in [0, 0.05) is 12.4 Å². The minimum atomic E-state index is -0.815. The van der Waals surface area contributed by atoms with Gasteiger partial charge in [0.25, 0.3) is 0 Å². The molecule has 3 heteroatoms. The zero-order valence-electron chi connectivity index (χ0n) is 20.4. The second-order valence-electron chi connectivity index (χ2n) is 10.1. The predicted octanol–water partition coefficient (Wildman–Crippen LogP) is 5.52. The van der Waals surface area contributed by atoms with E-state index in [1.807, 2.05) is 12.5 Å². The van der Waals surface area contributed by atoms with Crippen LogP contribution in [0.4, 0.5) is 0 Å². The van der Waals surface area contributed by atoms with Crippen molar-refractivity contribution in [1.29, 1.82) is 0 Å². The molecule has 33 heavy (non-hydrogen) atoms. The van der Waals surface area contributed by atoms with Crippen molar-refractivity contribution in [1.82, 2.24) is 9.55 Å². The Morgan fingerprint density at radius 3 is 1.67 bits per heavy atom. The van der Waals surface area contributed by atoms with Crippen LogP contribution in [-0.4, -0.2) is 19.1 Å². The minimum absolute atomic E-state index is 0.232. The van der Waals surface area contributed by atoms with Crippen LogP contribution in [0.15, 0.2) is 97.6 Å². The first-order valence-corrected chi connectivity index (χ1v) is 13.6. The van der Waals surface area contributed by atoms with Crippen molar-refractivity contribution in [3.63, 3.8) is 0 Å². The fraction of sp³-hybridized carbons (Fsp3) is 0.300. The lowest BCUT2D eigenvalue weighted by Gasteiger charge is -2.37. The van der Waals surface area contributed by atoms with E-state index in [0.29, 0.717) is 11.8 Å². The quantitative estimate of drug-likeness (QED) is 0.306. The third-order valence-corrected chi connectivity index (χ3v) is 8.97. The van der Waals surface area contributed by atoms with Crippen molar-refractivity contribution in [3.8, 4) is 0 Å². The summed E-state index contributed by atoms with van der Waals surface area (Å²) in [5, 5.41) is 1.22.